The van der Waals surface area contributed by atoms with Crippen LogP contribution in [-0.4, -0.2) is 19.6 Å². The zero-order valence-electron chi connectivity index (χ0n) is 10.9. The maximum absolute atomic E-state index is 3.53. The Morgan fingerprint density at radius 2 is 2.24 bits per heavy atom. The van der Waals surface area contributed by atoms with E-state index in [1.54, 1.807) is 5.56 Å². The second-order valence-electron chi connectivity index (χ2n) is 5.64. The Balaban J connectivity index is 2.17. The molecule has 0 saturated heterocycles. The summed E-state index contributed by atoms with van der Waals surface area (Å²) in [6, 6.07) is 6.87. The van der Waals surface area contributed by atoms with Crippen molar-refractivity contribution in [1.82, 2.24) is 5.32 Å². The van der Waals surface area contributed by atoms with E-state index in [1.165, 1.54) is 30.6 Å². The highest BCUT2D eigenvalue weighted by molar-refractivity contribution is 5.64. The quantitative estimate of drug-likeness (QED) is 0.798. The molecule has 0 saturated carbocycles. The topological polar surface area (TPSA) is 15.3 Å². The molecule has 2 heteroatoms. The van der Waals surface area contributed by atoms with Gasteiger partial charge in [0, 0.05) is 31.9 Å². The van der Waals surface area contributed by atoms with Crippen molar-refractivity contribution >= 4 is 5.69 Å². The Hall–Kier alpha value is -1.02. The van der Waals surface area contributed by atoms with Gasteiger partial charge in [0.25, 0.3) is 0 Å². The second-order valence-corrected chi connectivity index (χ2v) is 5.64. The van der Waals surface area contributed by atoms with Crippen LogP contribution in [0.1, 0.15) is 37.8 Å². The lowest BCUT2D eigenvalue weighted by atomic mass is 9.73. The predicted octanol–water partition coefficient (Wildman–Crippen LogP) is 2.67. The molecule has 2 heterocycles. The molecule has 3 rings (SSSR count). The van der Waals surface area contributed by atoms with Crippen LogP contribution < -0.4 is 10.2 Å². The molecule has 2 nitrogen and oxygen atoms in total. The molecule has 0 aliphatic carbocycles. The summed E-state index contributed by atoms with van der Waals surface area (Å²) in [6.07, 6.45) is 2.53. The van der Waals surface area contributed by atoms with Crippen LogP contribution >= 0.6 is 0 Å². The van der Waals surface area contributed by atoms with Crippen molar-refractivity contribution in [3.05, 3.63) is 29.3 Å². The molecule has 17 heavy (non-hydrogen) atoms. The van der Waals surface area contributed by atoms with Crippen LogP contribution in [0.15, 0.2) is 18.2 Å². The summed E-state index contributed by atoms with van der Waals surface area (Å²) >= 11 is 0. The molecule has 0 bridgehead atoms. The predicted molar refractivity (Wildman–Crippen MR) is 72.6 cm³/mol. The van der Waals surface area contributed by atoms with Gasteiger partial charge in [-0.25, -0.2) is 0 Å². The van der Waals surface area contributed by atoms with Crippen LogP contribution in [0.3, 0.4) is 0 Å². The monoisotopic (exact) mass is 230 g/mol. The summed E-state index contributed by atoms with van der Waals surface area (Å²) in [4.78, 5) is 2.59. The lowest BCUT2D eigenvalue weighted by Gasteiger charge is -2.42. The number of rotatable bonds is 1. The summed E-state index contributed by atoms with van der Waals surface area (Å²) in [6.45, 7) is 9.26. The van der Waals surface area contributed by atoms with E-state index in [9.17, 15) is 0 Å². The van der Waals surface area contributed by atoms with E-state index < -0.39 is 0 Å². The molecule has 0 amide bonds. The minimum absolute atomic E-state index is 0.381. The maximum Gasteiger partial charge on any atom is 0.0450 e. The highest BCUT2D eigenvalue weighted by Crippen LogP contribution is 2.43. The standard InChI is InChI=1S/C15H22N2/c1-3-15(2)7-9-17-10-8-16-11-12-5-4-6-13(15)14(12)17/h4-6,16H,3,7-11H2,1-2H3/t15-/m1/s1. The van der Waals surface area contributed by atoms with Gasteiger partial charge in [0.1, 0.15) is 0 Å². The first-order valence-electron chi connectivity index (χ1n) is 6.82. The number of anilines is 1. The third kappa shape index (κ3) is 1.66. The second kappa shape index (κ2) is 4.02. The van der Waals surface area contributed by atoms with Crippen molar-refractivity contribution < 1.29 is 0 Å². The average Bonchev–Trinajstić information content (AvgIpc) is 2.57. The molecule has 2 aliphatic rings. The number of nitrogens with zero attached hydrogens (tertiary/aromatic N) is 1. The van der Waals surface area contributed by atoms with Gasteiger partial charge in [-0.3, -0.25) is 0 Å². The summed E-state index contributed by atoms with van der Waals surface area (Å²) in [7, 11) is 0. The summed E-state index contributed by atoms with van der Waals surface area (Å²) < 4.78 is 0. The van der Waals surface area contributed by atoms with E-state index in [1.807, 2.05) is 0 Å². The van der Waals surface area contributed by atoms with Crippen LogP contribution in [0.4, 0.5) is 5.69 Å². The number of para-hydroxylation sites is 1. The molecular weight excluding hydrogens is 208 g/mol. The smallest absolute Gasteiger partial charge is 0.0450 e. The van der Waals surface area contributed by atoms with E-state index in [2.05, 4.69) is 42.3 Å². The fourth-order valence-electron chi connectivity index (χ4n) is 3.25. The Kier molecular flexibility index (Phi) is 2.62. The van der Waals surface area contributed by atoms with E-state index >= 15 is 0 Å². The third-order valence-electron chi connectivity index (χ3n) is 4.67. The van der Waals surface area contributed by atoms with Gasteiger partial charge in [0.15, 0.2) is 0 Å². The minimum atomic E-state index is 0.381. The number of hydrogen-bond donors (Lipinski definition) is 1. The highest BCUT2D eigenvalue weighted by Gasteiger charge is 2.35. The lowest BCUT2D eigenvalue weighted by molar-refractivity contribution is 0.401. The third-order valence-corrected chi connectivity index (χ3v) is 4.67. The van der Waals surface area contributed by atoms with Gasteiger partial charge in [0.05, 0.1) is 0 Å². The first-order chi connectivity index (χ1) is 8.24. The van der Waals surface area contributed by atoms with Crippen molar-refractivity contribution in [1.29, 1.82) is 0 Å². The van der Waals surface area contributed by atoms with E-state index in [0.29, 0.717) is 5.41 Å². The van der Waals surface area contributed by atoms with Crippen LogP contribution in [0.5, 0.6) is 0 Å². The van der Waals surface area contributed by atoms with E-state index in [-0.39, 0.29) is 0 Å². The number of benzene rings is 1. The SMILES string of the molecule is CC[C@]1(C)CCN2CCNCc3cccc1c32. The Bertz CT molecular complexity index is 427. The van der Waals surface area contributed by atoms with E-state index in [4.69, 9.17) is 0 Å². The summed E-state index contributed by atoms with van der Waals surface area (Å²) in [5, 5.41) is 3.53. The van der Waals surface area contributed by atoms with Crippen molar-refractivity contribution in [3.8, 4) is 0 Å². The molecule has 0 unspecified atom stereocenters. The highest BCUT2D eigenvalue weighted by atomic mass is 15.2. The molecule has 92 valence electrons. The van der Waals surface area contributed by atoms with Gasteiger partial charge in [-0.15, -0.1) is 0 Å². The van der Waals surface area contributed by atoms with Crippen LogP contribution in [-0.2, 0) is 12.0 Å². The normalized spacial score (nSPS) is 27.5. The molecule has 2 aliphatic heterocycles. The van der Waals surface area contributed by atoms with Gasteiger partial charge in [-0.1, -0.05) is 32.0 Å². The first kappa shape index (κ1) is 11.1. The molecule has 0 radical (unpaired) electrons. The molecule has 1 aromatic carbocycles. The Morgan fingerprint density at radius 1 is 1.35 bits per heavy atom. The van der Waals surface area contributed by atoms with Gasteiger partial charge in [0.2, 0.25) is 0 Å². The van der Waals surface area contributed by atoms with Crippen LogP contribution in [0, 0.1) is 0 Å². The number of hydrogen-bond acceptors (Lipinski definition) is 2. The molecule has 1 atom stereocenters. The van der Waals surface area contributed by atoms with Crippen molar-refractivity contribution in [2.24, 2.45) is 0 Å². The van der Waals surface area contributed by atoms with E-state index in [0.717, 1.165) is 19.6 Å². The summed E-state index contributed by atoms with van der Waals surface area (Å²) in [5.74, 6) is 0. The van der Waals surface area contributed by atoms with Gasteiger partial charge >= 0.3 is 0 Å². The Labute approximate surface area is 104 Å². The fourth-order valence-corrected chi connectivity index (χ4v) is 3.25. The molecule has 1 aromatic rings. The first-order valence-corrected chi connectivity index (χ1v) is 6.82. The van der Waals surface area contributed by atoms with Crippen LogP contribution in [0.2, 0.25) is 0 Å². The zero-order valence-corrected chi connectivity index (χ0v) is 10.9. The zero-order chi connectivity index (χ0) is 11.9. The van der Waals surface area contributed by atoms with Crippen molar-refractivity contribution in [2.75, 3.05) is 24.5 Å². The fraction of sp³-hybridized carbons (Fsp3) is 0.600. The number of nitrogens with one attached hydrogen (secondary N) is 1. The Morgan fingerprint density at radius 3 is 3.06 bits per heavy atom. The van der Waals surface area contributed by atoms with Crippen molar-refractivity contribution in [2.45, 2.75) is 38.6 Å². The average molecular weight is 230 g/mol. The van der Waals surface area contributed by atoms with Gasteiger partial charge in [-0.05, 0) is 29.4 Å². The van der Waals surface area contributed by atoms with Gasteiger partial charge in [-0.2, -0.15) is 0 Å². The van der Waals surface area contributed by atoms with Crippen LogP contribution in [0.25, 0.3) is 0 Å². The molecule has 0 spiro atoms. The lowest BCUT2D eigenvalue weighted by Crippen LogP contribution is -2.40. The molecule has 1 N–H and O–H groups in total. The van der Waals surface area contributed by atoms with Gasteiger partial charge < -0.3 is 10.2 Å². The maximum atomic E-state index is 3.53. The molecule has 0 fully saturated rings. The van der Waals surface area contributed by atoms with Crippen molar-refractivity contribution in [3.63, 3.8) is 0 Å². The molecule has 0 aromatic heterocycles. The largest absolute Gasteiger partial charge is 0.370 e. The minimum Gasteiger partial charge on any atom is -0.370 e. The molecular formula is C15H22N2. The summed E-state index contributed by atoms with van der Waals surface area (Å²) in [5.41, 5.74) is 4.98.